The normalized spacial score (nSPS) is 17.5. The van der Waals surface area contributed by atoms with Gasteiger partial charge in [-0.3, -0.25) is 9.59 Å². The first-order chi connectivity index (χ1) is 12.3. The zero-order chi connectivity index (χ0) is 18.9. The van der Waals surface area contributed by atoms with Gasteiger partial charge in [-0.2, -0.15) is 13.2 Å². The van der Waals surface area contributed by atoms with Crippen molar-refractivity contribution in [2.45, 2.75) is 12.6 Å². The molecule has 0 aromatic heterocycles. The predicted molar refractivity (Wildman–Crippen MR) is 92.0 cm³/mol. The summed E-state index contributed by atoms with van der Waals surface area (Å²) in [6.07, 6.45) is -4.27. The molecule has 1 heterocycles. The van der Waals surface area contributed by atoms with Gasteiger partial charge >= 0.3 is 6.18 Å². The van der Waals surface area contributed by atoms with Gasteiger partial charge in [0, 0.05) is 22.9 Å². The van der Waals surface area contributed by atoms with Crippen molar-refractivity contribution in [3.05, 3.63) is 59.1 Å². The first-order valence-corrected chi connectivity index (χ1v) is 8.18. The van der Waals surface area contributed by atoms with E-state index in [1.165, 1.54) is 17.0 Å². The monoisotopic (exact) mass is 382 g/mol. The molecule has 0 spiro atoms. The topological polar surface area (TPSA) is 49.4 Å². The number of anilines is 2. The van der Waals surface area contributed by atoms with Gasteiger partial charge in [0.2, 0.25) is 11.8 Å². The van der Waals surface area contributed by atoms with Gasteiger partial charge < -0.3 is 10.2 Å². The third-order valence-corrected chi connectivity index (χ3v) is 4.33. The molecular weight excluding hydrogens is 369 g/mol. The second kappa shape index (κ2) is 6.99. The molecule has 2 aromatic rings. The van der Waals surface area contributed by atoms with E-state index in [-0.39, 0.29) is 18.7 Å². The summed E-state index contributed by atoms with van der Waals surface area (Å²) in [6.45, 7) is 0.174. The van der Waals surface area contributed by atoms with Crippen LogP contribution in [0.4, 0.5) is 24.5 Å². The van der Waals surface area contributed by atoms with Crippen molar-refractivity contribution < 1.29 is 22.8 Å². The minimum absolute atomic E-state index is 0.128. The van der Waals surface area contributed by atoms with Gasteiger partial charge in [0.1, 0.15) is 5.92 Å². The molecule has 1 N–H and O–H groups in total. The van der Waals surface area contributed by atoms with E-state index >= 15 is 0 Å². The number of hydrogen-bond donors (Lipinski definition) is 1. The van der Waals surface area contributed by atoms with Crippen LogP contribution < -0.4 is 10.2 Å². The van der Waals surface area contributed by atoms with E-state index in [1.807, 2.05) is 0 Å². The molecular formula is C18H14ClF3N2O2. The molecule has 4 nitrogen and oxygen atoms in total. The molecule has 0 radical (unpaired) electrons. The van der Waals surface area contributed by atoms with Crippen LogP contribution in [0.15, 0.2) is 48.5 Å². The number of hydrogen-bond acceptors (Lipinski definition) is 2. The molecule has 3 rings (SSSR count). The Balaban J connectivity index is 1.75. The van der Waals surface area contributed by atoms with E-state index in [0.717, 1.165) is 12.1 Å². The molecule has 2 amide bonds. The number of amides is 2. The van der Waals surface area contributed by atoms with Crippen molar-refractivity contribution in [2.24, 2.45) is 5.92 Å². The van der Waals surface area contributed by atoms with Gasteiger partial charge in [-0.05, 0) is 42.8 Å². The van der Waals surface area contributed by atoms with E-state index in [0.29, 0.717) is 10.7 Å². The Morgan fingerprint density at radius 3 is 2.58 bits per heavy atom. The van der Waals surface area contributed by atoms with Gasteiger partial charge in [0.25, 0.3) is 0 Å². The number of nitrogens with one attached hydrogen (secondary N) is 1. The van der Waals surface area contributed by atoms with Crippen molar-refractivity contribution >= 4 is 34.8 Å². The van der Waals surface area contributed by atoms with Crippen molar-refractivity contribution in [1.82, 2.24) is 0 Å². The quantitative estimate of drug-likeness (QED) is 0.802. The maximum Gasteiger partial charge on any atom is 0.416 e. The van der Waals surface area contributed by atoms with E-state index in [9.17, 15) is 22.8 Å². The summed E-state index contributed by atoms with van der Waals surface area (Å²) in [6, 6.07) is 11.0. The SMILES string of the molecule is O=C(Nc1cccc(Cl)c1)C1CCN(c2cccc(C(F)(F)F)c2)C1=O. The molecule has 8 heteroatoms. The molecule has 1 aliphatic heterocycles. The Morgan fingerprint density at radius 2 is 1.88 bits per heavy atom. The molecule has 1 fully saturated rings. The van der Waals surface area contributed by atoms with E-state index < -0.39 is 29.5 Å². The standard InChI is InChI=1S/C18H14ClF3N2O2/c19-12-4-2-5-13(10-12)23-16(25)15-7-8-24(17(15)26)14-6-1-3-11(9-14)18(20,21)22/h1-6,9-10,15H,7-8H2,(H,23,25). The zero-order valence-corrected chi connectivity index (χ0v) is 14.1. The van der Waals surface area contributed by atoms with Crippen LogP contribution in [0.5, 0.6) is 0 Å². The fraction of sp³-hybridized carbons (Fsp3) is 0.222. The van der Waals surface area contributed by atoms with Crippen LogP contribution >= 0.6 is 11.6 Å². The average molecular weight is 383 g/mol. The zero-order valence-electron chi connectivity index (χ0n) is 13.4. The van der Waals surface area contributed by atoms with Gasteiger partial charge in [-0.25, -0.2) is 0 Å². The van der Waals surface area contributed by atoms with Crippen LogP contribution in [0, 0.1) is 5.92 Å². The Kier molecular flexibility index (Phi) is 4.91. The maximum atomic E-state index is 12.9. The lowest BCUT2D eigenvalue weighted by Crippen LogP contribution is -2.33. The van der Waals surface area contributed by atoms with Crippen molar-refractivity contribution in [3.63, 3.8) is 0 Å². The maximum absolute atomic E-state index is 12.9. The second-order valence-corrected chi connectivity index (χ2v) is 6.32. The highest BCUT2D eigenvalue weighted by molar-refractivity contribution is 6.31. The lowest BCUT2D eigenvalue weighted by molar-refractivity contribution is -0.137. The fourth-order valence-electron chi connectivity index (χ4n) is 2.83. The second-order valence-electron chi connectivity index (χ2n) is 5.88. The minimum atomic E-state index is -4.50. The smallest absolute Gasteiger partial charge is 0.325 e. The Bertz CT molecular complexity index is 854. The number of carbonyl (C=O) groups is 2. The van der Waals surface area contributed by atoms with Gasteiger partial charge in [0.05, 0.1) is 5.56 Å². The molecule has 0 saturated carbocycles. The summed E-state index contributed by atoms with van der Waals surface area (Å²) in [7, 11) is 0. The van der Waals surface area contributed by atoms with Crippen LogP contribution in [-0.4, -0.2) is 18.4 Å². The number of nitrogens with zero attached hydrogens (tertiary/aromatic N) is 1. The van der Waals surface area contributed by atoms with Crippen LogP contribution in [0.2, 0.25) is 5.02 Å². The Hall–Kier alpha value is -2.54. The molecule has 26 heavy (non-hydrogen) atoms. The van der Waals surface area contributed by atoms with Gasteiger partial charge in [0.15, 0.2) is 0 Å². The van der Waals surface area contributed by atoms with Gasteiger partial charge in [-0.15, -0.1) is 0 Å². The third kappa shape index (κ3) is 3.83. The fourth-order valence-corrected chi connectivity index (χ4v) is 3.02. The lowest BCUT2D eigenvalue weighted by Gasteiger charge is -2.18. The van der Waals surface area contributed by atoms with Crippen LogP contribution in [0.1, 0.15) is 12.0 Å². The number of alkyl halides is 3. The molecule has 1 unspecified atom stereocenters. The summed E-state index contributed by atoms with van der Waals surface area (Å²) < 4.78 is 38.6. The molecule has 2 aromatic carbocycles. The highest BCUT2D eigenvalue weighted by atomic mass is 35.5. The molecule has 0 bridgehead atoms. The first kappa shape index (κ1) is 18.3. The van der Waals surface area contributed by atoms with E-state index in [1.54, 1.807) is 24.3 Å². The average Bonchev–Trinajstić information content (AvgIpc) is 2.96. The summed E-state index contributed by atoms with van der Waals surface area (Å²) >= 11 is 5.85. The first-order valence-electron chi connectivity index (χ1n) is 7.81. The van der Waals surface area contributed by atoms with Crippen molar-refractivity contribution in [2.75, 3.05) is 16.8 Å². The van der Waals surface area contributed by atoms with Crippen molar-refractivity contribution in [1.29, 1.82) is 0 Å². The number of halogens is 4. The third-order valence-electron chi connectivity index (χ3n) is 4.10. The summed E-state index contributed by atoms with van der Waals surface area (Å²) in [5.41, 5.74) is -0.259. The molecule has 136 valence electrons. The highest BCUT2D eigenvalue weighted by Crippen LogP contribution is 2.33. The van der Waals surface area contributed by atoms with Gasteiger partial charge in [-0.1, -0.05) is 23.7 Å². The highest BCUT2D eigenvalue weighted by Gasteiger charge is 2.38. The largest absolute Gasteiger partial charge is 0.416 e. The van der Waals surface area contributed by atoms with Crippen molar-refractivity contribution in [3.8, 4) is 0 Å². The molecule has 0 aliphatic carbocycles. The number of benzene rings is 2. The summed E-state index contributed by atoms with van der Waals surface area (Å²) in [5.74, 6) is -1.99. The summed E-state index contributed by atoms with van der Waals surface area (Å²) in [5, 5.41) is 3.05. The Labute approximate surface area is 152 Å². The van der Waals surface area contributed by atoms with Crippen LogP contribution in [0.3, 0.4) is 0 Å². The molecule has 1 atom stereocenters. The number of rotatable bonds is 3. The lowest BCUT2D eigenvalue weighted by atomic mass is 10.1. The van der Waals surface area contributed by atoms with Crippen LogP contribution in [-0.2, 0) is 15.8 Å². The Morgan fingerprint density at radius 1 is 1.15 bits per heavy atom. The molecule has 1 saturated heterocycles. The summed E-state index contributed by atoms with van der Waals surface area (Å²) in [4.78, 5) is 26.1. The minimum Gasteiger partial charge on any atom is -0.325 e. The predicted octanol–water partition coefficient (Wildman–Crippen LogP) is 4.35. The van der Waals surface area contributed by atoms with E-state index in [4.69, 9.17) is 11.6 Å². The van der Waals surface area contributed by atoms with Crippen LogP contribution in [0.25, 0.3) is 0 Å². The number of carbonyl (C=O) groups excluding carboxylic acids is 2. The molecule has 1 aliphatic rings. The van der Waals surface area contributed by atoms with E-state index in [2.05, 4.69) is 5.32 Å².